The fourth-order valence-electron chi connectivity index (χ4n) is 3.26. The number of hydrogen-bond donors (Lipinski definition) is 1. The van der Waals surface area contributed by atoms with Crippen LogP contribution in [0.25, 0.3) is 10.8 Å². The molecule has 2 aromatic carbocycles. The molecule has 0 saturated heterocycles. The van der Waals surface area contributed by atoms with Crippen molar-refractivity contribution in [3.05, 3.63) is 76.2 Å². The summed E-state index contributed by atoms with van der Waals surface area (Å²) < 4.78 is 1.24. The predicted molar refractivity (Wildman–Crippen MR) is 111 cm³/mol. The van der Waals surface area contributed by atoms with Crippen molar-refractivity contribution in [2.75, 3.05) is 20.6 Å². The largest absolute Gasteiger partial charge is 0.353 e. The zero-order valence-corrected chi connectivity index (χ0v) is 16.6. The lowest BCUT2D eigenvalue weighted by Crippen LogP contribution is -2.43. The third-order valence-corrected chi connectivity index (χ3v) is 4.93. The van der Waals surface area contributed by atoms with E-state index in [2.05, 4.69) is 27.4 Å². The standard InChI is InChI=1S/C22H26N4O2/c1-16-19-11-7-8-12-20(19)22(28)26(24-16)15-21(27)23-14-18(25(2)3)13-17-9-5-4-6-10-17/h4-12,18H,13-15H2,1-3H3,(H,23,27). The molecule has 0 aliphatic heterocycles. The van der Waals surface area contributed by atoms with E-state index in [1.165, 1.54) is 10.2 Å². The molecule has 0 radical (unpaired) electrons. The second kappa shape index (κ2) is 8.80. The maximum absolute atomic E-state index is 12.6. The van der Waals surface area contributed by atoms with Gasteiger partial charge in [-0.3, -0.25) is 9.59 Å². The van der Waals surface area contributed by atoms with Crippen LogP contribution in [-0.2, 0) is 17.8 Å². The summed E-state index contributed by atoms with van der Waals surface area (Å²) in [4.78, 5) is 27.2. The molecule has 0 bridgehead atoms. The van der Waals surface area contributed by atoms with Gasteiger partial charge in [0.05, 0.1) is 11.1 Å². The van der Waals surface area contributed by atoms with E-state index in [0.29, 0.717) is 11.9 Å². The maximum atomic E-state index is 12.6. The fraction of sp³-hybridized carbons (Fsp3) is 0.318. The van der Waals surface area contributed by atoms with Gasteiger partial charge in [0.1, 0.15) is 6.54 Å². The molecule has 1 amide bonds. The van der Waals surface area contributed by atoms with Gasteiger partial charge in [0, 0.05) is 18.0 Å². The van der Waals surface area contributed by atoms with Gasteiger partial charge in [-0.1, -0.05) is 48.5 Å². The molecule has 146 valence electrons. The lowest BCUT2D eigenvalue weighted by Gasteiger charge is -2.25. The number of fused-ring (bicyclic) bond motifs is 1. The minimum absolute atomic E-state index is 0.0873. The molecule has 6 heteroatoms. The number of hydrogen-bond acceptors (Lipinski definition) is 4. The van der Waals surface area contributed by atoms with Gasteiger partial charge in [-0.15, -0.1) is 0 Å². The van der Waals surface area contributed by atoms with Crippen molar-refractivity contribution in [2.45, 2.75) is 25.9 Å². The second-order valence-electron chi connectivity index (χ2n) is 7.21. The topological polar surface area (TPSA) is 67.2 Å². The second-order valence-corrected chi connectivity index (χ2v) is 7.21. The third-order valence-electron chi connectivity index (χ3n) is 4.93. The van der Waals surface area contributed by atoms with E-state index in [9.17, 15) is 9.59 Å². The summed E-state index contributed by atoms with van der Waals surface area (Å²) >= 11 is 0. The summed E-state index contributed by atoms with van der Waals surface area (Å²) in [7, 11) is 4.00. The smallest absolute Gasteiger partial charge is 0.275 e. The number of likely N-dealkylation sites (N-methyl/N-ethyl adjacent to an activating group) is 1. The molecule has 1 unspecified atom stereocenters. The molecule has 1 N–H and O–H groups in total. The summed E-state index contributed by atoms with van der Waals surface area (Å²) in [6.45, 7) is 2.26. The van der Waals surface area contributed by atoms with Crippen LogP contribution in [-0.4, -0.2) is 47.3 Å². The first-order valence-corrected chi connectivity index (χ1v) is 9.39. The van der Waals surface area contributed by atoms with Crippen molar-refractivity contribution in [2.24, 2.45) is 0 Å². The maximum Gasteiger partial charge on any atom is 0.275 e. The Labute approximate surface area is 164 Å². The van der Waals surface area contributed by atoms with E-state index in [0.717, 1.165) is 17.5 Å². The van der Waals surface area contributed by atoms with Gasteiger partial charge >= 0.3 is 0 Å². The fourth-order valence-corrected chi connectivity index (χ4v) is 3.26. The van der Waals surface area contributed by atoms with Crippen molar-refractivity contribution >= 4 is 16.7 Å². The predicted octanol–water partition coefficient (Wildman–Crippen LogP) is 1.99. The number of aromatic nitrogens is 2. The van der Waals surface area contributed by atoms with Gasteiger partial charge in [0.15, 0.2) is 0 Å². The Bertz CT molecular complexity index is 1010. The van der Waals surface area contributed by atoms with Crippen molar-refractivity contribution in [1.82, 2.24) is 20.0 Å². The van der Waals surface area contributed by atoms with Gasteiger partial charge in [-0.2, -0.15) is 5.10 Å². The minimum Gasteiger partial charge on any atom is -0.353 e. The minimum atomic E-state index is -0.246. The lowest BCUT2D eigenvalue weighted by molar-refractivity contribution is -0.122. The summed E-state index contributed by atoms with van der Waals surface area (Å²) in [5.41, 5.74) is 1.71. The average Bonchev–Trinajstić information content (AvgIpc) is 2.69. The van der Waals surface area contributed by atoms with Crippen LogP contribution >= 0.6 is 0 Å². The highest BCUT2D eigenvalue weighted by Gasteiger charge is 2.15. The summed E-state index contributed by atoms with van der Waals surface area (Å²) in [5, 5.41) is 8.65. The number of aryl methyl sites for hydroxylation is 1. The van der Waals surface area contributed by atoms with Crippen LogP contribution in [0.4, 0.5) is 0 Å². The lowest BCUT2D eigenvalue weighted by atomic mass is 10.1. The van der Waals surface area contributed by atoms with E-state index in [1.807, 2.05) is 57.4 Å². The molecular formula is C22H26N4O2. The van der Waals surface area contributed by atoms with Crippen LogP contribution in [0.5, 0.6) is 0 Å². The monoisotopic (exact) mass is 378 g/mol. The van der Waals surface area contributed by atoms with Crippen LogP contribution in [0.1, 0.15) is 11.3 Å². The molecule has 1 aromatic heterocycles. The normalized spacial score (nSPS) is 12.3. The van der Waals surface area contributed by atoms with Crippen molar-refractivity contribution in [3.8, 4) is 0 Å². The van der Waals surface area contributed by atoms with Gasteiger partial charge in [-0.25, -0.2) is 4.68 Å². The number of carbonyl (C=O) groups excluding carboxylic acids is 1. The Morgan fingerprint density at radius 2 is 1.71 bits per heavy atom. The van der Waals surface area contributed by atoms with Gasteiger partial charge < -0.3 is 10.2 Å². The molecule has 3 aromatic rings. The Morgan fingerprint density at radius 3 is 2.39 bits per heavy atom. The Hall–Kier alpha value is -2.99. The molecule has 0 saturated carbocycles. The number of rotatable bonds is 7. The van der Waals surface area contributed by atoms with Crippen LogP contribution in [0, 0.1) is 6.92 Å². The molecule has 28 heavy (non-hydrogen) atoms. The van der Waals surface area contributed by atoms with E-state index in [1.54, 1.807) is 6.07 Å². The first kappa shape index (κ1) is 19.8. The molecular weight excluding hydrogens is 352 g/mol. The Morgan fingerprint density at radius 1 is 1.07 bits per heavy atom. The number of amides is 1. The van der Waals surface area contributed by atoms with Gasteiger partial charge in [-0.05, 0) is 39.1 Å². The Balaban J connectivity index is 1.67. The van der Waals surface area contributed by atoms with Crippen molar-refractivity contribution < 1.29 is 4.79 Å². The summed E-state index contributed by atoms with van der Waals surface area (Å²) in [5.74, 6) is -0.218. The molecule has 0 aliphatic rings. The zero-order chi connectivity index (χ0) is 20.1. The van der Waals surface area contributed by atoms with Crippen LogP contribution < -0.4 is 10.9 Å². The highest BCUT2D eigenvalue weighted by atomic mass is 16.2. The van der Waals surface area contributed by atoms with Crippen LogP contribution in [0.2, 0.25) is 0 Å². The highest BCUT2D eigenvalue weighted by Crippen LogP contribution is 2.11. The summed E-state index contributed by atoms with van der Waals surface area (Å²) in [6, 6.07) is 17.7. The number of nitrogens with zero attached hydrogens (tertiary/aromatic N) is 3. The first-order valence-electron chi connectivity index (χ1n) is 9.39. The third kappa shape index (κ3) is 4.64. The van der Waals surface area contributed by atoms with E-state index >= 15 is 0 Å². The quantitative estimate of drug-likeness (QED) is 0.683. The Kier molecular flexibility index (Phi) is 6.21. The first-order chi connectivity index (χ1) is 13.5. The average molecular weight is 378 g/mol. The van der Waals surface area contributed by atoms with Crippen molar-refractivity contribution in [1.29, 1.82) is 0 Å². The molecule has 1 atom stereocenters. The number of carbonyl (C=O) groups is 1. The summed E-state index contributed by atoms with van der Waals surface area (Å²) in [6.07, 6.45) is 0.835. The molecule has 1 heterocycles. The molecule has 0 fully saturated rings. The van der Waals surface area contributed by atoms with E-state index in [-0.39, 0.29) is 24.1 Å². The molecule has 6 nitrogen and oxygen atoms in total. The molecule has 3 rings (SSSR count). The van der Waals surface area contributed by atoms with E-state index < -0.39 is 0 Å². The van der Waals surface area contributed by atoms with Crippen LogP contribution in [0.15, 0.2) is 59.4 Å². The number of nitrogens with one attached hydrogen (secondary N) is 1. The highest BCUT2D eigenvalue weighted by molar-refractivity contribution is 5.83. The van der Waals surface area contributed by atoms with E-state index in [4.69, 9.17) is 0 Å². The molecule has 0 spiro atoms. The van der Waals surface area contributed by atoms with Gasteiger partial charge in [0.25, 0.3) is 5.56 Å². The van der Waals surface area contributed by atoms with Crippen LogP contribution in [0.3, 0.4) is 0 Å². The number of benzene rings is 2. The van der Waals surface area contributed by atoms with Gasteiger partial charge in [0.2, 0.25) is 5.91 Å². The van der Waals surface area contributed by atoms with Crippen molar-refractivity contribution in [3.63, 3.8) is 0 Å². The molecule has 0 aliphatic carbocycles. The zero-order valence-electron chi connectivity index (χ0n) is 16.6. The SMILES string of the molecule is Cc1nn(CC(=O)NCC(Cc2ccccc2)N(C)C)c(=O)c2ccccc12.